The van der Waals surface area contributed by atoms with E-state index in [1.54, 1.807) is 16.7 Å². The maximum Gasteiger partial charge on any atom is 0.255 e. The van der Waals surface area contributed by atoms with Crippen LogP contribution in [0.5, 0.6) is 0 Å². The molecule has 0 aliphatic heterocycles. The largest absolute Gasteiger partial charge is 0.709 e. The normalized spacial score (nSPS) is 11.5. The summed E-state index contributed by atoms with van der Waals surface area (Å²) in [6.07, 6.45) is 3.16. The monoisotopic (exact) mass is 523 g/mol. The van der Waals surface area contributed by atoms with Crippen LogP contribution in [0.3, 0.4) is 0 Å². The van der Waals surface area contributed by atoms with Gasteiger partial charge in [-0.1, -0.05) is 74.4 Å². The smallest absolute Gasteiger partial charge is 0.255 e. The Labute approximate surface area is 188 Å². The lowest BCUT2D eigenvalue weighted by molar-refractivity contribution is -0.583. The van der Waals surface area contributed by atoms with Crippen LogP contribution in [0.2, 0.25) is 0 Å². The summed E-state index contributed by atoms with van der Waals surface area (Å²) in [5, 5.41) is 3.29. The number of aromatic nitrogens is 2. The Morgan fingerprint density at radius 3 is 2.40 bits per heavy atom. The first-order chi connectivity index (χ1) is 14.4. The highest BCUT2D eigenvalue weighted by molar-refractivity contribution is 5.60. The van der Waals surface area contributed by atoms with E-state index in [4.69, 9.17) is 0 Å². The lowest BCUT2D eigenvalue weighted by atomic mass is 10.1. The molecular formula is C23H24F2IN3O-. The highest BCUT2D eigenvalue weighted by atomic mass is 127. The lowest BCUT2D eigenvalue weighted by Crippen LogP contribution is -3.40. The third-order valence-electron chi connectivity index (χ3n) is 4.76. The lowest BCUT2D eigenvalue weighted by Gasteiger charge is -2.22. The predicted octanol–water partition coefficient (Wildman–Crippen LogP) is 2.16. The highest BCUT2D eigenvalue weighted by Crippen LogP contribution is 2.23. The summed E-state index contributed by atoms with van der Waals surface area (Å²) in [6.45, 7) is 3.24. The molecular weight excluding hydrogens is 499 g/mol. The van der Waals surface area contributed by atoms with E-state index >= 15 is 0 Å². The molecule has 159 valence electrons. The van der Waals surface area contributed by atoms with Gasteiger partial charge in [0, 0.05) is 18.2 Å². The van der Waals surface area contributed by atoms with Gasteiger partial charge in [-0.05, 0) is 17.5 Å². The van der Waals surface area contributed by atoms with Crippen molar-refractivity contribution in [2.24, 2.45) is 0 Å². The number of nitrogens with one attached hydrogen (secondary N) is 1. The number of rotatable bonds is 9. The SMILES string of the molecule is CCCCCNc1nc(-c2ccc(C(F)(F)[I-])cc2)cc(=O)n1Cc1ccccc1. The van der Waals surface area contributed by atoms with E-state index in [0.29, 0.717) is 30.3 Å². The average molecular weight is 523 g/mol. The Morgan fingerprint density at radius 2 is 1.77 bits per heavy atom. The summed E-state index contributed by atoms with van der Waals surface area (Å²) in [6, 6.07) is 17.1. The van der Waals surface area contributed by atoms with Crippen LogP contribution in [-0.4, -0.2) is 16.1 Å². The first-order valence-corrected chi connectivity index (χ1v) is 11.0. The van der Waals surface area contributed by atoms with Crippen LogP contribution in [-0.2, 0) is 10.5 Å². The summed E-state index contributed by atoms with van der Waals surface area (Å²) < 4.78 is 25.6. The van der Waals surface area contributed by atoms with Crippen LogP contribution in [0.15, 0.2) is 65.5 Å². The molecule has 0 amide bonds. The van der Waals surface area contributed by atoms with E-state index in [2.05, 4.69) is 17.2 Å². The number of halogens is 3. The van der Waals surface area contributed by atoms with E-state index in [0.717, 1.165) is 47.4 Å². The van der Waals surface area contributed by atoms with E-state index < -0.39 is 3.93 Å². The van der Waals surface area contributed by atoms with Crippen molar-refractivity contribution in [3.05, 3.63) is 82.1 Å². The fraction of sp³-hybridized carbons (Fsp3) is 0.304. The molecule has 3 aromatic rings. The third kappa shape index (κ3) is 5.87. The van der Waals surface area contributed by atoms with Crippen molar-refractivity contribution in [2.75, 3.05) is 11.9 Å². The fourth-order valence-corrected chi connectivity index (χ4v) is 3.47. The molecule has 0 saturated heterocycles. The van der Waals surface area contributed by atoms with E-state index in [1.165, 1.54) is 18.2 Å². The van der Waals surface area contributed by atoms with Crippen molar-refractivity contribution >= 4 is 5.95 Å². The zero-order valence-electron chi connectivity index (χ0n) is 16.7. The molecule has 1 N–H and O–H groups in total. The van der Waals surface area contributed by atoms with Gasteiger partial charge in [-0.3, -0.25) is 9.36 Å². The van der Waals surface area contributed by atoms with Crippen LogP contribution < -0.4 is 33.5 Å². The van der Waals surface area contributed by atoms with Crippen LogP contribution in [0.1, 0.15) is 37.3 Å². The Morgan fingerprint density at radius 1 is 1.07 bits per heavy atom. The Balaban J connectivity index is 1.95. The minimum atomic E-state index is -2.94. The quantitative estimate of drug-likeness (QED) is 0.266. The third-order valence-corrected chi connectivity index (χ3v) is 5.39. The van der Waals surface area contributed by atoms with Crippen LogP contribution in [0, 0.1) is 0 Å². The van der Waals surface area contributed by atoms with Crippen LogP contribution in [0.25, 0.3) is 11.3 Å². The minimum Gasteiger partial charge on any atom is -0.709 e. The molecule has 0 saturated carbocycles. The maximum absolute atomic E-state index is 13.5. The van der Waals surface area contributed by atoms with Gasteiger partial charge in [-0.25, -0.2) is 13.8 Å². The summed E-state index contributed by atoms with van der Waals surface area (Å²) in [7, 11) is 0. The molecule has 0 unspecified atom stereocenters. The molecule has 0 atom stereocenters. The van der Waals surface area contributed by atoms with E-state index in [9.17, 15) is 13.6 Å². The Bertz CT molecular complexity index is 1020. The zero-order valence-corrected chi connectivity index (χ0v) is 18.9. The highest BCUT2D eigenvalue weighted by Gasteiger charge is 2.15. The maximum atomic E-state index is 13.5. The molecule has 0 bridgehead atoms. The molecule has 0 spiro atoms. The van der Waals surface area contributed by atoms with Crippen molar-refractivity contribution in [3.63, 3.8) is 0 Å². The summed E-state index contributed by atoms with van der Waals surface area (Å²) in [4.78, 5) is 17.6. The number of unbranched alkanes of at least 4 members (excludes halogenated alkanes) is 2. The van der Waals surface area contributed by atoms with Gasteiger partial charge in [0.2, 0.25) is 5.95 Å². The number of nitrogens with zero attached hydrogens (tertiary/aromatic N) is 2. The summed E-state index contributed by atoms with van der Waals surface area (Å²) >= 11 is 1.10. The van der Waals surface area contributed by atoms with Crippen molar-refractivity contribution in [3.8, 4) is 11.3 Å². The van der Waals surface area contributed by atoms with E-state index in [1.807, 2.05) is 30.3 Å². The number of benzene rings is 2. The van der Waals surface area contributed by atoms with Gasteiger partial charge in [0.25, 0.3) is 5.56 Å². The zero-order chi connectivity index (χ0) is 21.6. The molecule has 30 heavy (non-hydrogen) atoms. The fourth-order valence-electron chi connectivity index (χ4n) is 3.11. The second-order valence-electron chi connectivity index (χ2n) is 7.08. The van der Waals surface area contributed by atoms with Crippen molar-refractivity contribution in [2.45, 2.75) is 36.7 Å². The second kappa shape index (κ2) is 10.1. The Kier molecular flexibility index (Phi) is 7.58. The van der Waals surface area contributed by atoms with Gasteiger partial charge in [0.1, 0.15) is 0 Å². The van der Waals surface area contributed by atoms with Crippen LogP contribution in [0.4, 0.5) is 14.7 Å². The molecule has 4 nitrogen and oxygen atoms in total. The van der Waals surface area contributed by atoms with Gasteiger partial charge in [0.05, 0.1) is 12.2 Å². The molecule has 1 radical (unpaired) electrons. The van der Waals surface area contributed by atoms with Gasteiger partial charge in [-0.15, -0.1) is 0 Å². The second-order valence-corrected chi connectivity index (χ2v) is 8.44. The standard InChI is InChI=1S/C23H24F2IN3O/c1-2-3-7-14-27-22-28-20(18-10-12-19(13-11-18)23(24,25)26)15-21(30)29(22)16-17-8-5-4-6-9-17/h4-6,8-13,15H,2-3,7,14,16H2,1H3,(H,27,28)/q-1. The Hall–Kier alpha value is -2.29. The van der Waals surface area contributed by atoms with Gasteiger partial charge in [0.15, 0.2) is 3.93 Å². The minimum absolute atomic E-state index is 0.0813. The molecule has 3 rings (SSSR count). The van der Waals surface area contributed by atoms with Crippen molar-refractivity contribution in [1.29, 1.82) is 0 Å². The molecule has 1 aromatic heterocycles. The van der Waals surface area contributed by atoms with Gasteiger partial charge >= 0.3 is 0 Å². The predicted molar refractivity (Wildman–Crippen MR) is 111 cm³/mol. The number of anilines is 1. The molecule has 0 aliphatic carbocycles. The first-order valence-electron chi connectivity index (χ1n) is 9.96. The van der Waals surface area contributed by atoms with E-state index in [-0.39, 0.29) is 11.1 Å². The van der Waals surface area contributed by atoms with Gasteiger partial charge < -0.3 is 27.9 Å². The average Bonchev–Trinajstić information content (AvgIpc) is 2.73. The number of alkyl halides is 3. The molecule has 7 heteroatoms. The first kappa shape index (κ1) is 22.4. The summed E-state index contributed by atoms with van der Waals surface area (Å²) in [5.41, 5.74) is 1.82. The number of hydrogen-bond acceptors (Lipinski definition) is 3. The van der Waals surface area contributed by atoms with Gasteiger partial charge in [-0.2, -0.15) is 0 Å². The molecule has 2 aromatic carbocycles. The van der Waals surface area contributed by atoms with Crippen molar-refractivity contribution < 1.29 is 31.4 Å². The molecule has 0 fully saturated rings. The van der Waals surface area contributed by atoms with Crippen molar-refractivity contribution in [1.82, 2.24) is 9.55 Å². The topological polar surface area (TPSA) is 46.9 Å². The molecule has 0 aliphatic rings. The molecule has 1 heterocycles. The number of hydrogen-bond donors (Lipinski definition) is 1. The van der Waals surface area contributed by atoms with Crippen LogP contribution >= 0.6 is 0 Å². The summed E-state index contributed by atoms with van der Waals surface area (Å²) in [5.74, 6) is 0.487.